The zero-order chi connectivity index (χ0) is 21.3. The predicted octanol–water partition coefficient (Wildman–Crippen LogP) is 5.52. The van der Waals surface area contributed by atoms with E-state index in [9.17, 15) is 17.6 Å². The Balaban J connectivity index is 2.08. The van der Waals surface area contributed by atoms with Crippen LogP contribution in [0.5, 0.6) is 0 Å². The lowest BCUT2D eigenvalue weighted by molar-refractivity contribution is 0.103. The topological polar surface area (TPSA) is 76.1 Å². The highest BCUT2D eigenvalue weighted by Crippen LogP contribution is 2.28. The van der Waals surface area contributed by atoms with Crippen LogP contribution in [0.2, 0.25) is 15.1 Å². The maximum absolute atomic E-state index is 14.2. The van der Waals surface area contributed by atoms with Crippen LogP contribution in [0.3, 0.4) is 0 Å². The minimum Gasteiger partial charge on any atom is -0.287 e. The molecule has 10 heteroatoms. The molecule has 0 unspecified atom stereocenters. The van der Waals surface area contributed by atoms with Crippen LogP contribution in [-0.4, -0.2) is 19.2 Å². The molecule has 0 bridgehead atoms. The molecule has 2 aromatic carbocycles. The summed E-state index contributed by atoms with van der Waals surface area (Å²) >= 11 is 17.8. The van der Waals surface area contributed by atoms with E-state index in [2.05, 4.69) is 9.71 Å². The first kappa shape index (κ1) is 21.5. The smallest absolute Gasteiger partial charge is 0.261 e. The first-order chi connectivity index (χ1) is 13.6. The largest absolute Gasteiger partial charge is 0.287 e. The van der Waals surface area contributed by atoms with Crippen molar-refractivity contribution in [2.24, 2.45) is 0 Å². The van der Waals surface area contributed by atoms with Gasteiger partial charge in [0.15, 0.2) is 0 Å². The molecule has 0 spiro atoms. The number of hydrogen-bond acceptors (Lipinski definition) is 4. The third kappa shape index (κ3) is 4.53. The van der Waals surface area contributed by atoms with Crippen molar-refractivity contribution < 1.29 is 17.6 Å². The van der Waals surface area contributed by atoms with Crippen LogP contribution in [0.15, 0.2) is 53.6 Å². The molecule has 0 fully saturated rings. The van der Waals surface area contributed by atoms with E-state index in [1.165, 1.54) is 36.4 Å². The molecule has 1 aromatic heterocycles. The highest BCUT2D eigenvalue weighted by atomic mass is 35.5. The number of nitrogens with one attached hydrogen (secondary N) is 1. The van der Waals surface area contributed by atoms with E-state index in [4.69, 9.17) is 34.8 Å². The van der Waals surface area contributed by atoms with E-state index in [1.54, 1.807) is 6.92 Å². The van der Waals surface area contributed by atoms with Crippen molar-refractivity contribution in [3.05, 3.63) is 86.4 Å². The average Bonchev–Trinajstić information content (AvgIpc) is 2.63. The highest BCUT2D eigenvalue weighted by molar-refractivity contribution is 7.92. The molecule has 150 valence electrons. The molecule has 0 aliphatic heterocycles. The molecule has 5 nitrogen and oxygen atoms in total. The molecule has 3 rings (SSSR count). The van der Waals surface area contributed by atoms with Gasteiger partial charge in [-0.2, -0.15) is 0 Å². The zero-order valence-corrected chi connectivity index (χ0v) is 17.8. The molecule has 0 aliphatic rings. The van der Waals surface area contributed by atoms with Crippen molar-refractivity contribution >= 4 is 56.3 Å². The Labute approximate surface area is 181 Å². The summed E-state index contributed by atoms with van der Waals surface area (Å²) in [6.45, 7) is 1.65. The molecular weight excluding hydrogens is 462 g/mol. The van der Waals surface area contributed by atoms with Gasteiger partial charge in [-0.3, -0.25) is 9.52 Å². The second-order valence-electron chi connectivity index (χ2n) is 5.99. The standard InChI is InChI=1S/C19H12Cl3FN2O3S/c1-10-7-12(5-6-13(10)21)29(27,28)25-16-8-11(20)9-24-18(16)19(26)17-14(22)3-2-4-15(17)23/h2-9,25H,1H3. The van der Waals surface area contributed by atoms with Crippen LogP contribution in [-0.2, 0) is 10.0 Å². The lowest BCUT2D eigenvalue weighted by Gasteiger charge is -2.13. The van der Waals surface area contributed by atoms with Gasteiger partial charge in [0, 0.05) is 11.2 Å². The molecule has 0 atom stereocenters. The van der Waals surface area contributed by atoms with Crippen LogP contribution in [0.25, 0.3) is 0 Å². The van der Waals surface area contributed by atoms with Crippen molar-refractivity contribution in [2.45, 2.75) is 11.8 Å². The molecule has 1 N–H and O–H groups in total. The fraction of sp³-hybridized carbons (Fsp3) is 0.0526. The summed E-state index contributed by atoms with van der Waals surface area (Å²) in [5.41, 5.74) is -0.440. The summed E-state index contributed by atoms with van der Waals surface area (Å²) in [5, 5.41) is 0.346. The molecule has 1 heterocycles. The van der Waals surface area contributed by atoms with E-state index < -0.39 is 27.2 Å². The zero-order valence-electron chi connectivity index (χ0n) is 14.7. The lowest BCUT2D eigenvalue weighted by atomic mass is 10.1. The average molecular weight is 474 g/mol. The molecule has 29 heavy (non-hydrogen) atoms. The number of aromatic nitrogens is 1. The second-order valence-corrected chi connectivity index (χ2v) is 8.93. The number of ketones is 1. The number of benzene rings is 2. The minimum atomic E-state index is -4.11. The Hall–Kier alpha value is -2.19. The van der Waals surface area contributed by atoms with Gasteiger partial charge in [-0.25, -0.2) is 17.8 Å². The Morgan fingerprint density at radius 1 is 1.07 bits per heavy atom. The normalized spacial score (nSPS) is 11.3. The van der Waals surface area contributed by atoms with Gasteiger partial charge in [0.2, 0.25) is 5.78 Å². The van der Waals surface area contributed by atoms with E-state index in [0.717, 1.165) is 12.3 Å². The Bertz CT molecular complexity index is 1210. The molecule has 0 saturated heterocycles. The Kier molecular flexibility index (Phi) is 6.14. The molecule has 0 saturated carbocycles. The molecular formula is C19H12Cl3FN2O3S. The van der Waals surface area contributed by atoms with Crippen molar-refractivity contribution in [3.63, 3.8) is 0 Å². The predicted molar refractivity (Wildman–Crippen MR) is 111 cm³/mol. The van der Waals surface area contributed by atoms with E-state index >= 15 is 0 Å². The van der Waals surface area contributed by atoms with E-state index in [0.29, 0.717) is 10.6 Å². The van der Waals surface area contributed by atoms with Crippen LogP contribution < -0.4 is 4.72 Å². The van der Waals surface area contributed by atoms with Gasteiger partial charge in [0.1, 0.15) is 11.5 Å². The lowest BCUT2D eigenvalue weighted by Crippen LogP contribution is -2.17. The third-order valence-corrected chi connectivity index (χ3v) is 6.25. The van der Waals surface area contributed by atoms with Gasteiger partial charge in [-0.1, -0.05) is 40.9 Å². The number of carbonyl (C=O) groups is 1. The van der Waals surface area contributed by atoms with E-state index in [1.807, 2.05) is 0 Å². The molecule has 0 radical (unpaired) electrons. The maximum Gasteiger partial charge on any atom is 0.261 e. The first-order valence-corrected chi connectivity index (χ1v) is 10.6. The van der Waals surface area contributed by atoms with Crippen molar-refractivity contribution in [1.82, 2.24) is 4.98 Å². The fourth-order valence-electron chi connectivity index (χ4n) is 2.52. The van der Waals surface area contributed by atoms with Crippen molar-refractivity contribution in [2.75, 3.05) is 4.72 Å². The third-order valence-electron chi connectivity index (χ3n) is 3.94. The summed E-state index contributed by atoms with van der Waals surface area (Å²) in [5.74, 6) is -1.75. The van der Waals surface area contributed by atoms with Gasteiger partial charge >= 0.3 is 0 Å². The number of pyridine rings is 1. The van der Waals surface area contributed by atoms with Gasteiger partial charge in [0.05, 0.1) is 26.2 Å². The fourth-order valence-corrected chi connectivity index (χ4v) is 4.19. The summed E-state index contributed by atoms with van der Waals surface area (Å²) in [6, 6.07) is 9.08. The number of rotatable bonds is 5. The Morgan fingerprint density at radius 3 is 2.45 bits per heavy atom. The van der Waals surface area contributed by atoms with Crippen molar-refractivity contribution in [3.8, 4) is 0 Å². The number of halogens is 4. The first-order valence-electron chi connectivity index (χ1n) is 8.03. The summed E-state index contributed by atoms with van der Waals surface area (Å²) in [6.07, 6.45) is 1.15. The maximum atomic E-state index is 14.2. The number of carbonyl (C=O) groups excluding carboxylic acids is 1. The number of anilines is 1. The molecule has 3 aromatic rings. The molecule has 0 aliphatic carbocycles. The monoisotopic (exact) mass is 472 g/mol. The SMILES string of the molecule is Cc1cc(S(=O)(=O)Nc2cc(Cl)cnc2C(=O)c2c(F)cccc2Cl)ccc1Cl. The van der Waals surface area contributed by atoms with Gasteiger partial charge in [-0.15, -0.1) is 0 Å². The number of nitrogens with zero attached hydrogens (tertiary/aromatic N) is 1. The number of hydrogen-bond donors (Lipinski definition) is 1. The van der Waals surface area contributed by atoms with Crippen LogP contribution in [0, 0.1) is 12.7 Å². The summed E-state index contributed by atoms with van der Waals surface area (Å²) in [7, 11) is -4.11. The second kappa shape index (κ2) is 8.28. The van der Waals surface area contributed by atoms with Gasteiger partial charge in [-0.05, 0) is 48.9 Å². The summed E-state index contributed by atoms with van der Waals surface area (Å²) < 4.78 is 42.0. The quantitative estimate of drug-likeness (QED) is 0.495. The highest BCUT2D eigenvalue weighted by Gasteiger charge is 2.25. The summed E-state index contributed by atoms with van der Waals surface area (Å²) in [4.78, 5) is 16.7. The number of sulfonamides is 1. The van der Waals surface area contributed by atoms with Crippen LogP contribution in [0.4, 0.5) is 10.1 Å². The molecule has 0 amide bonds. The van der Waals surface area contributed by atoms with Gasteiger partial charge < -0.3 is 0 Å². The van der Waals surface area contributed by atoms with Crippen LogP contribution in [0.1, 0.15) is 21.6 Å². The van der Waals surface area contributed by atoms with Crippen molar-refractivity contribution in [1.29, 1.82) is 0 Å². The van der Waals surface area contributed by atoms with Crippen LogP contribution >= 0.6 is 34.8 Å². The minimum absolute atomic E-state index is 0.0752. The van der Waals surface area contributed by atoms with Gasteiger partial charge in [0.25, 0.3) is 10.0 Å². The Morgan fingerprint density at radius 2 is 1.79 bits per heavy atom. The van der Waals surface area contributed by atoms with E-state index in [-0.39, 0.29) is 26.3 Å². The number of aryl methyl sites for hydroxylation is 1.